The second-order valence-corrected chi connectivity index (χ2v) is 7.85. The quantitative estimate of drug-likeness (QED) is 0.719. The Morgan fingerprint density at radius 3 is 2.48 bits per heavy atom. The average molecular weight is 423 g/mol. The summed E-state index contributed by atoms with van der Waals surface area (Å²) in [4.78, 5) is 29.0. The molecule has 0 atom stereocenters. The van der Waals surface area contributed by atoms with Crippen molar-refractivity contribution >= 4 is 29.3 Å². The number of hydrogen-bond acceptors (Lipinski definition) is 5. The minimum Gasteiger partial charge on any atom is -0.466 e. The molecular formula is C20H23F2N3O3S. The fourth-order valence-corrected chi connectivity index (χ4v) is 3.88. The average Bonchev–Trinajstić information content (AvgIpc) is 3.01. The Labute approximate surface area is 172 Å². The third-order valence-electron chi connectivity index (χ3n) is 4.68. The van der Waals surface area contributed by atoms with Crippen LogP contribution < -0.4 is 5.32 Å². The number of aryl methyl sites for hydroxylation is 2. The van der Waals surface area contributed by atoms with Gasteiger partial charge in [-0.15, -0.1) is 0 Å². The number of anilines is 1. The molecule has 2 amide bonds. The van der Waals surface area contributed by atoms with Crippen molar-refractivity contribution in [3.63, 3.8) is 0 Å². The highest BCUT2D eigenvalue weighted by Gasteiger charge is 2.25. The Bertz CT molecular complexity index is 880. The molecule has 156 valence electrons. The number of amides is 2. The molecule has 0 aliphatic carbocycles. The molecule has 2 aromatic rings. The molecule has 0 radical (unpaired) electrons. The van der Waals surface area contributed by atoms with Crippen LogP contribution in [-0.2, 0) is 4.79 Å². The van der Waals surface area contributed by atoms with Gasteiger partial charge in [0, 0.05) is 31.1 Å². The second-order valence-electron chi connectivity index (χ2n) is 6.82. The zero-order valence-electron chi connectivity index (χ0n) is 16.3. The number of rotatable bonds is 6. The molecule has 1 aromatic carbocycles. The van der Waals surface area contributed by atoms with Crippen LogP contribution in [0.5, 0.6) is 0 Å². The SMILES string of the molecule is Cc1cc(C(=O)N2CCN(CC(=O)Nc3ccccc3SC(F)F)CC2)c(C)o1. The third kappa shape index (κ3) is 5.57. The maximum absolute atomic E-state index is 12.7. The predicted octanol–water partition coefficient (Wildman–Crippen LogP) is 3.61. The number of carbonyl (C=O) groups is 2. The molecular weight excluding hydrogens is 400 g/mol. The lowest BCUT2D eigenvalue weighted by Gasteiger charge is -2.34. The highest BCUT2D eigenvalue weighted by Crippen LogP contribution is 2.31. The molecule has 0 saturated carbocycles. The summed E-state index contributed by atoms with van der Waals surface area (Å²) >= 11 is 0.404. The van der Waals surface area contributed by atoms with Crippen molar-refractivity contribution in [2.24, 2.45) is 0 Å². The van der Waals surface area contributed by atoms with E-state index in [0.29, 0.717) is 65.6 Å². The van der Waals surface area contributed by atoms with E-state index in [2.05, 4.69) is 5.32 Å². The first-order valence-corrected chi connectivity index (χ1v) is 10.1. The van der Waals surface area contributed by atoms with Gasteiger partial charge in [0.15, 0.2) is 0 Å². The van der Waals surface area contributed by atoms with Crippen LogP contribution in [0.3, 0.4) is 0 Å². The molecule has 3 rings (SSSR count). The standard InChI is InChI=1S/C20H23F2N3O3S/c1-13-11-15(14(2)28-13)19(27)25-9-7-24(8-10-25)12-18(26)23-16-5-3-4-6-17(16)29-20(21)22/h3-6,11,20H,7-10,12H2,1-2H3,(H,23,26). The van der Waals surface area contributed by atoms with E-state index in [0.717, 1.165) is 0 Å². The first-order valence-electron chi connectivity index (χ1n) is 9.26. The Morgan fingerprint density at radius 1 is 1.17 bits per heavy atom. The van der Waals surface area contributed by atoms with Gasteiger partial charge in [0.2, 0.25) is 5.91 Å². The summed E-state index contributed by atoms with van der Waals surface area (Å²) in [5, 5.41) is 2.71. The van der Waals surface area contributed by atoms with Crippen LogP contribution in [0.1, 0.15) is 21.9 Å². The van der Waals surface area contributed by atoms with Gasteiger partial charge in [0.05, 0.1) is 17.8 Å². The van der Waals surface area contributed by atoms with E-state index in [1.807, 2.05) is 4.90 Å². The van der Waals surface area contributed by atoms with Crippen molar-refractivity contribution in [3.05, 3.63) is 47.4 Å². The summed E-state index contributed by atoms with van der Waals surface area (Å²) in [7, 11) is 0. The number of alkyl halides is 2. The molecule has 1 aliphatic rings. The highest BCUT2D eigenvalue weighted by atomic mass is 32.2. The molecule has 1 aromatic heterocycles. The molecule has 1 fully saturated rings. The Morgan fingerprint density at radius 2 is 1.86 bits per heavy atom. The van der Waals surface area contributed by atoms with Gasteiger partial charge in [-0.1, -0.05) is 23.9 Å². The molecule has 1 aliphatic heterocycles. The molecule has 29 heavy (non-hydrogen) atoms. The van der Waals surface area contributed by atoms with Gasteiger partial charge < -0.3 is 14.6 Å². The van der Waals surface area contributed by atoms with E-state index in [-0.39, 0.29) is 18.4 Å². The zero-order chi connectivity index (χ0) is 21.0. The van der Waals surface area contributed by atoms with Crippen molar-refractivity contribution in [2.75, 3.05) is 38.0 Å². The van der Waals surface area contributed by atoms with E-state index in [1.54, 1.807) is 49.1 Å². The number of furan rings is 1. The Kier molecular flexibility index (Phi) is 6.92. The highest BCUT2D eigenvalue weighted by molar-refractivity contribution is 7.99. The van der Waals surface area contributed by atoms with E-state index in [4.69, 9.17) is 4.42 Å². The largest absolute Gasteiger partial charge is 0.466 e. The molecule has 9 heteroatoms. The number of thioether (sulfide) groups is 1. The topological polar surface area (TPSA) is 65.8 Å². The summed E-state index contributed by atoms with van der Waals surface area (Å²) in [5.74, 6) is -1.59. The van der Waals surface area contributed by atoms with Gasteiger partial charge in [-0.3, -0.25) is 14.5 Å². The molecule has 0 bridgehead atoms. The molecule has 1 saturated heterocycles. The molecule has 0 spiro atoms. The normalized spacial score (nSPS) is 15.0. The van der Waals surface area contributed by atoms with Crippen LogP contribution >= 0.6 is 11.8 Å². The first kappa shape index (κ1) is 21.3. The van der Waals surface area contributed by atoms with Crippen LogP contribution in [0.15, 0.2) is 39.6 Å². The fraction of sp³-hybridized carbons (Fsp3) is 0.400. The van der Waals surface area contributed by atoms with Gasteiger partial charge in [-0.25, -0.2) is 0 Å². The van der Waals surface area contributed by atoms with Crippen molar-refractivity contribution in [3.8, 4) is 0 Å². The number of benzene rings is 1. The third-order valence-corrected chi connectivity index (χ3v) is 5.46. The maximum Gasteiger partial charge on any atom is 0.288 e. The minimum atomic E-state index is -2.55. The number of nitrogens with zero attached hydrogens (tertiary/aromatic N) is 2. The molecule has 0 unspecified atom stereocenters. The lowest BCUT2D eigenvalue weighted by molar-refractivity contribution is -0.117. The summed E-state index contributed by atoms with van der Waals surface area (Å²) in [6.07, 6.45) is 0. The Hall–Kier alpha value is -2.39. The number of piperazine rings is 1. The van der Waals surface area contributed by atoms with Crippen LogP contribution in [0, 0.1) is 13.8 Å². The summed E-state index contributed by atoms with van der Waals surface area (Å²) in [6, 6.07) is 8.24. The zero-order valence-corrected chi connectivity index (χ0v) is 17.1. The number of carbonyl (C=O) groups excluding carboxylic acids is 2. The number of para-hydroxylation sites is 1. The van der Waals surface area contributed by atoms with Gasteiger partial charge in [0.1, 0.15) is 11.5 Å². The van der Waals surface area contributed by atoms with Crippen molar-refractivity contribution < 1.29 is 22.8 Å². The number of halogens is 2. The monoisotopic (exact) mass is 423 g/mol. The summed E-state index contributed by atoms with van der Waals surface area (Å²) < 4.78 is 30.8. The van der Waals surface area contributed by atoms with Crippen molar-refractivity contribution in [2.45, 2.75) is 24.5 Å². The first-order chi connectivity index (χ1) is 13.8. The molecule has 1 N–H and O–H groups in total. The van der Waals surface area contributed by atoms with Gasteiger partial charge in [-0.2, -0.15) is 8.78 Å². The summed E-state index contributed by atoms with van der Waals surface area (Å²) in [6.45, 7) is 5.84. The molecule has 6 nitrogen and oxygen atoms in total. The van der Waals surface area contributed by atoms with Crippen molar-refractivity contribution in [1.82, 2.24) is 9.80 Å². The van der Waals surface area contributed by atoms with Gasteiger partial charge in [0.25, 0.3) is 11.7 Å². The second kappa shape index (κ2) is 9.41. The van der Waals surface area contributed by atoms with Crippen LogP contribution in [0.4, 0.5) is 14.5 Å². The fourth-order valence-electron chi connectivity index (χ4n) is 3.28. The molecule has 2 heterocycles. The van der Waals surface area contributed by atoms with E-state index in [9.17, 15) is 18.4 Å². The van der Waals surface area contributed by atoms with Crippen LogP contribution in [-0.4, -0.2) is 60.1 Å². The summed E-state index contributed by atoms with van der Waals surface area (Å²) in [5.41, 5.74) is 0.948. The van der Waals surface area contributed by atoms with Gasteiger partial charge in [-0.05, 0) is 32.0 Å². The van der Waals surface area contributed by atoms with E-state index < -0.39 is 5.76 Å². The van der Waals surface area contributed by atoms with Gasteiger partial charge >= 0.3 is 0 Å². The lowest BCUT2D eigenvalue weighted by Crippen LogP contribution is -2.50. The smallest absolute Gasteiger partial charge is 0.288 e. The maximum atomic E-state index is 12.7. The van der Waals surface area contributed by atoms with Crippen LogP contribution in [0.25, 0.3) is 0 Å². The number of nitrogens with one attached hydrogen (secondary N) is 1. The predicted molar refractivity (Wildman–Crippen MR) is 107 cm³/mol. The van der Waals surface area contributed by atoms with E-state index >= 15 is 0 Å². The van der Waals surface area contributed by atoms with E-state index in [1.165, 1.54) is 0 Å². The number of hydrogen-bond donors (Lipinski definition) is 1. The minimum absolute atomic E-state index is 0.0681. The van der Waals surface area contributed by atoms with Crippen LogP contribution in [0.2, 0.25) is 0 Å². The lowest BCUT2D eigenvalue weighted by atomic mass is 10.2. The van der Waals surface area contributed by atoms with Crippen molar-refractivity contribution in [1.29, 1.82) is 0 Å². The Balaban J connectivity index is 1.51.